The summed E-state index contributed by atoms with van der Waals surface area (Å²) >= 11 is 10.2. The Hall–Kier alpha value is -3.96. The third-order valence-electron chi connectivity index (χ3n) is 6.80. The minimum atomic E-state index is -0.641. The number of nitro groups is 1. The van der Waals surface area contributed by atoms with Gasteiger partial charge in [0.2, 0.25) is 5.91 Å². The van der Waals surface area contributed by atoms with Gasteiger partial charge in [0, 0.05) is 28.7 Å². The van der Waals surface area contributed by atoms with Gasteiger partial charge in [0.1, 0.15) is 24.2 Å². The molecule has 0 radical (unpaired) electrons. The average molecular weight is 641 g/mol. The maximum Gasteiger partial charge on any atom is 0.326 e. The first-order valence-electron chi connectivity index (χ1n) is 13.0. The van der Waals surface area contributed by atoms with E-state index in [0.29, 0.717) is 29.2 Å². The zero-order chi connectivity index (χ0) is 29.3. The van der Waals surface area contributed by atoms with Crippen molar-refractivity contribution in [2.45, 2.75) is 32.0 Å². The second-order valence-electron chi connectivity index (χ2n) is 9.94. The fourth-order valence-corrected chi connectivity index (χ4v) is 5.52. The lowest BCUT2D eigenvalue weighted by molar-refractivity contribution is -0.384. The van der Waals surface area contributed by atoms with Crippen molar-refractivity contribution in [1.82, 2.24) is 15.1 Å². The highest BCUT2D eigenvalue weighted by Gasteiger charge is 2.45. The lowest BCUT2D eigenvalue weighted by Crippen LogP contribution is -2.55. The number of carbonyl (C=O) groups is 2. The topological polar surface area (TPSA) is 117 Å². The summed E-state index contributed by atoms with van der Waals surface area (Å²) in [5.74, 6) is 0.227. The summed E-state index contributed by atoms with van der Waals surface area (Å²) < 4.78 is 6.89. The zero-order valence-electron chi connectivity index (χ0n) is 22.3. The van der Waals surface area contributed by atoms with E-state index in [-0.39, 0.29) is 35.8 Å². The maximum absolute atomic E-state index is 14.4. The molecule has 2 heterocycles. The highest BCUT2D eigenvalue weighted by Crippen LogP contribution is 2.47. The fraction of sp³-hybridized carbons (Fsp3) is 0.276. The lowest BCUT2D eigenvalue weighted by atomic mass is 9.93. The van der Waals surface area contributed by atoms with Crippen LogP contribution in [-0.2, 0) is 4.79 Å². The SMILES string of the molecule is CC(C)Oc1cc([N+](=O)[O-])ccc1C1=NC(c2ccccc2Cl)C(c2ccc(Br)cc2)N1C(=O)N1CCNC(=O)C1. The molecule has 212 valence electrons. The van der Waals surface area contributed by atoms with Crippen molar-refractivity contribution in [2.75, 3.05) is 19.6 Å². The molecule has 1 N–H and O–H groups in total. The van der Waals surface area contributed by atoms with Crippen LogP contribution in [0.3, 0.4) is 0 Å². The number of nitro benzene ring substituents is 1. The molecule has 3 amide bonds. The number of amidine groups is 1. The molecule has 3 aromatic rings. The van der Waals surface area contributed by atoms with E-state index in [1.165, 1.54) is 17.0 Å². The van der Waals surface area contributed by atoms with Gasteiger partial charge in [-0.2, -0.15) is 0 Å². The Morgan fingerprint density at radius 1 is 1.17 bits per heavy atom. The Labute approximate surface area is 250 Å². The van der Waals surface area contributed by atoms with Crippen molar-refractivity contribution in [3.05, 3.63) is 103 Å². The molecule has 0 spiro atoms. The van der Waals surface area contributed by atoms with Gasteiger partial charge in [-0.05, 0) is 49.2 Å². The van der Waals surface area contributed by atoms with Crippen molar-refractivity contribution >= 4 is 51.0 Å². The van der Waals surface area contributed by atoms with Crippen molar-refractivity contribution in [3.63, 3.8) is 0 Å². The molecule has 10 nitrogen and oxygen atoms in total. The van der Waals surface area contributed by atoms with Crippen LogP contribution in [0.1, 0.15) is 42.6 Å². The number of urea groups is 1. The van der Waals surface area contributed by atoms with Crippen LogP contribution >= 0.6 is 27.5 Å². The molecule has 0 bridgehead atoms. The van der Waals surface area contributed by atoms with Gasteiger partial charge in [0.05, 0.1) is 28.7 Å². The molecule has 3 aromatic carbocycles. The predicted molar refractivity (Wildman–Crippen MR) is 158 cm³/mol. The molecular formula is C29H27BrClN5O5. The molecule has 2 aliphatic rings. The minimum Gasteiger partial charge on any atom is -0.490 e. The van der Waals surface area contributed by atoms with Gasteiger partial charge in [-0.25, -0.2) is 4.79 Å². The molecule has 2 aliphatic heterocycles. The highest BCUT2D eigenvalue weighted by molar-refractivity contribution is 9.10. The highest BCUT2D eigenvalue weighted by atomic mass is 79.9. The summed E-state index contributed by atoms with van der Waals surface area (Å²) in [6, 6.07) is 17.4. The van der Waals surface area contributed by atoms with E-state index in [0.717, 1.165) is 10.0 Å². The van der Waals surface area contributed by atoms with Gasteiger partial charge in [-0.15, -0.1) is 0 Å². The van der Waals surface area contributed by atoms with Gasteiger partial charge >= 0.3 is 6.03 Å². The average Bonchev–Trinajstić information content (AvgIpc) is 3.33. The number of nitrogens with zero attached hydrogens (tertiary/aromatic N) is 4. The molecule has 12 heteroatoms. The van der Waals surface area contributed by atoms with E-state index in [9.17, 15) is 19.7 Å². The number of hydrogen-bond acceptors (Lipinski definition) is 6. The van der Waals surface area contributed by atoms with E-state index in [1.807, 2.05) is 56.3 Å². The van der Waals surface area contributed by atoms with Crippen LogP contribution in [0.25, 0.3) is 0 Å². The van der Waals surface area contributed by atoms with Crippen molar-refractivity contribution < 1.29 is 19.2 Å². The number of aliphatic imine (C=N–C) groups is 1. The maximum atomic E-state index is 14.4. The molecule has 1 fully saturated rings. The molecule has 41 heavy (non-hydrogen) atoms. The largest absolute Gasteiger partial charge is 0.490 e. The van der Waals surface area contributed by atoms with E-state index in [1.54, 1.807) is 17.0 Å². The molecule has 5 rings (SSSR count). The first-order chi connectivity index (χ1) is 19.6. The summed E-state index contributed by atoms with van der Waals surface area (Å²) in [6.45, 7) is 4.15. The van der Waals surface area contributed by atoms with E-state index >= 15 is 0 Å². The third kappa shape index (κ3) is 5.91. The summed E-state index contributed by atoms with van der Waals surface area (Å²) in [7, 11) is 0. The van der Waals surface area contributed by atoms with Crippen LogP contribution in [0.4, 0.5) is 10.5 Å². The smallest absolute Gasteiger partial charge is 0.326 e. The number of amides is 3. The number of non-ortho nitro benzene ring substituents is 1. The molecule has 0 aromatic heterocycles. The number of piperazine rings is 1. The molecule has 0 saturated carbocycles. The van der Waals surface area contributed by atoms with Crippen molar-refractivity contribution in [1.29, 1.82) is 0 Å². The van der Waals surface area contributed by atoms with Gasteiger partial charge in [-0.3, -0.25) is 24.8 Å². The molecule has 1 saturated heterocycles. The van der Waals surface area contributed by atoms with Crippen LogP contribution in [0.5, 0.6) is 5.75 Å². The first kappa shape index (κ1) is 28.6. The summed E-state index contributed by atoms with van der Waals surface area (Å²) in [5, 5.41) is 14.8. The Bertz CT molecular complexity index is 1530. The number of halogens is 2. The van der Waals surface area contributed by atoms with Crippen LogP contribution in [0.2, 0.25) is 5.02 Å². The third-order valence-corrected chi connectivity index (χ3v) is 7.67. The normalized spacial score (nSPS) is 18.8. The number of nitrogens with one attached hydrogen (secondary N) is 1. The molecule has 2 atom stereocenters. The minimum absolute atomic E-state index is 0.109. The Morgan fingerprint density at radius 2 is 1.90 bits per heavy atom. The predicted octanol–water partition coefficient (Wildman–Crippen LogP) is 5.89. The van der Waals surface area contributed by atoms with Gasteiger partial charge in [0.25, 0.3) is 5.69 Å². The standard InChI is InChI=1S/C29H27BrClN5O5/c1-17(2)41-24-15-20(36(39)40)11-12-22(24)28-33-26(21-5-3-4-6-23(21)31)27(18-7-9-19(30)10-8-18)35(28)29(38)34-14-13-32-25(37)16-34/h3-12,15,17,26-27H,13-14,16H2,1-2H3,(H,32,37). The van der Waals surface area contributed by atoms with E-state index in [4.69, 9.17) is 21.3 Å². The van der Waals surface area contributed by atoms with Crippen LogP contribution < -0.4 is 10.1 Å². The van der Waals surface area contributed by atoms with Gasteiger partial charge < -0.3 is 15.0 Å². The number of carbonyl (C=O) groups excluding carboxylic acids is 2. The Morgan fingerprint density at radius 3 is 2.56 bits per heavy atom. The number of rotatable bonds is 6. The zero-order valence-corrected chi connectivity index (χ0v) is 24.6. The van der Waals surface area contributed by atoms with Crippen molar-refractivity contribution in [3.8, 4) is 5.75 Å². The fourth-order valence-electron chi connectivity index (χ4n) is 5.01. The van der Waals surface area contributed by atoms with Crippen LogP contribution in [0, 0.1) is 10.1 Å². The number of ether oxygens (including phenoxy) is 1. The summed E-state index contributed by atoms with van der Waals surface area (Å²) in [5.41, 5.74) is 1.76. The quantitative estimate of drug-likeness (QED) is 0.266. The number of benzene rings is 3. The first-order valence-corrected chi connectivity index (χ1v) is 14.2. The van der Waals surface area contributed by atoms with Gasteiger partial charge in [-0.1, -0.05) is 57.9 Å². The van der Waals surface area contributed by atoms with E-state index in [2.05, 4.69) is 21.2 Å². The molecule has 2 unspecified atom stereocenters. The Kier molecular flexibility index (Phi) is 8.27. The van der Waals surface area contributed by atoms with Crippen LogP contribution in [-0.4, -0.2) is 58.2 Å². The summed E-state index contributed by atoms with van der Waals surface area (Å²) in [4.78, 5) is 45.9. The molecule has 0 aliphatic carbocycles. The van der Waals surface area contributed by atoms with E-state index < -0.39 is 23.0 Å². The lowest BCUT2D eigenvalue weighted by Gasteiger charge is -2.36. The van der Waals surface area contributed by atoms with Gasteiger partial charge in [0.15, 0.2) is 0 Å². The second-order valence-corrected chi connectivity index (χ2v) is 11.3. The number of hydrogen-bond donors (Lipinski definition) is 1. The summed E-state index contributed by atoms with van der Waals surface area (Å²) in [6.07, 6.45) is -0.311. The van der Waals surface area contributed by atoms with Crippen molar-refractivity contribution in [2.24, 2.45) is 4.99 Å². The second kappa shape index (κ2) is 11.9. The van der Waals surface area contributed by atoms with Crippen LogP contribution in [0.15, 0.2) is 76.2 Å². The monoisotopic (exact) mass is 639 g/mol. The Balaban J connectivity index is 1.74. The molecular weight excluding hydrogens is 614 g/mol.